The first-order valence-corrected chi connectivity index (χ1v) is 7.51. The number of hydrogen-bond acceptors (Lipinski definition) is 3. The number of hydrogen-bond donors (Lipinski definition) is 2. The van der Waals surface area contributed by atoms with Gasteiger partial charge < -0.3 is 11.1 Å². The van der Waals surface area contributed by atoms with Gasteiger partial charge in [-0.25, -0.2) is 0 Å². The Morgan fingerprint density at radius 3 is 2.81 bits per heavy atom. The monoisotopic (exact) mass is 283 g/mol. The lowest BCUT2D eigenvalue weighted by Crippen LogP contribution is -2.40. The smallest absolute Gasteiger partial charge is 0.226 e. The SMILES string of the molecule is Cc1ccc2cccc(NC(=O)CC3(N)CCCC3)c2n1. The Hall–Kier alpha value is -1.94. The molecule has 0 unspecified atom stereocenters. The number of carbonyl (C=O) groups is 1. The van der Waals surface area contributed by atoms with Crippen LogP contribution >= 0.6 is 0 Å². The van der Waals surface area contributed by atoms with Crippen molar-refractivity contribution in [2.24, 2.45) is 5.73 Å². The third kappa shape index (κ3) is 3.05. The van der Waals surface area contributed by atoms with Crippen molar-refractivity contribution in [3.05, 3.63) is 36.0 Å². The van der Waals surface area contributed by atoms with Gasteiger partial charge in [-0.05, 0) is 31.9 Å². The molecule has 1 heterocycles. The molecule has 0 bridgehead atoms. The molecule has 110 valence electrons. The van der Waals surface area contributed by atoms with Gasteiger partial charge in [0, 0.05) is 23.0 Å². The number of anilines is 1. The lowest BCUT2D eigenvalue weighted by molar-refractivity contribution is -0.117. The highest BCUT2D eigenvalue weighted by atomic mass is 16.1. The third-order valence-corrected chi connectivity index (χ3v) is 4.25. The fraction of sp³-hybridized carbons (Fsp3) is 0.412. The molecule has 1 aromatic carbocycles. The molecule has 1 aliphatic rings. The molecule has 1 aliphatic carbocycles. The van der Waals surface area contributed by atoms with E-state index in [2.05, 4.69) is 10.3 Å². The second kappa shape index (κ2) is 5.45. The number of aromatic nitrogens is 1. The van der Waals surface area contributed by atoms with E-state index in [-0.39, 0.29) is 11.4 Å². The highest BCUT2D eigenvalue weighted by Crippen LogP contribution is 2.30. The number of para-hydroxylation sites is 1. The van der Waals surface area contributed by atoms with Crippen molar-refractivity contribution in [1.82, 2.24) is 4.98 Å². The molecule has 3 rings (SSSR count). The summed E-state index contributed by atoms with van der Waals surface area (Å²) in [5, 5.41) is 4.01. The van der Waals surface area contributed by atoms with Crippen LogP contribution in [0.25, 0.3) is 10.9 Å². The molecule has 0 atom stereocenters. The summed E-state index contributed by atoms with van der Waals surface area (Å²) >= 11 is 0. The molecule has 2 aromatic rings. The second-order valence-electron chi connectivity index (χ2n) is 6.12. The zero-order valence-corrected chi connectivity index (χ0v) is 12.4. The van der Waals surface area contributed by atoms with Gasteiger partial charge in [-0.15, -0.1) is 0 Å². The van der Waals surface area contributed by atoms with Crippen molar-refractivity contribution in [2.75, 3.05) is 5.32 Å². The van der Waals surface area contributed by atoms with Gasteiger partial charge in [0.2, 0.25) is 5.91 Å². The minimum atomic E-state index is -0.321. The fourth-order valence-electron chi connectivity index (χ4n) is 3.12. The summed E-state index contributed by atoms with van der Waals surface area (Å²) in [6, 6.07) is 9.82. The number of nitrogens with two attached hydrogens (primary N) is 1. The summed E-state index contributed by atoms with van der Waals surface area (Å²) in [5.41, 5.74) is 8.50. The van der Waals surface area contributed by atoms with Crippen molar-refractivity contribution in [3.63, 3.8) is 0 Å². The predicted molar refractivity (Wildman–Crippen MR) is 85.1 cm³/mol. The van der Waals surface area contributed by atoms with Gasteiger partial charge in [-0.1, -0.05) is 31.0 Å². The first kappa shape index (κ1) is 14.0. The van der Waals surface area contributed by atoms with Crippen LogP contribution in [0.1, 0.15) is 37.8 Å². The molecule has 0 aliphatic heterocycles. The third-order valence-electron chi connectivity index (χ3n) is 4.25. The van der Waals surface area contributed by atoms with Crippen LogP contribution in [-0.4, -0.2) is 16.4 Å². The van der Waals surface area contributed by atoms with E-state index in [0.717, 1.165) is 48.0 Å². The molecular formula is C17H21N3O. The zero-order valence-electron chi connectivity index (χ0n) is 12.4. The van der Waals surface area contributed by atoms with Crippen molar-refractivity contribution in [3.8, 4) is 0 Å². The van der Waals surface area contributed by atoms with Gasteiger partial charge in [0.15, 0.2) is 0 Å². The Morgan fingerprint density at radius 1 is 1.29 bits per heavy atom. The first-order valence-electron chi connectivity index (χ1n) is 7.51. The first-order chi connectivity index (χ1) is 10.1. The van der Waals surface area contributed by atoms with Crippen LogP contribution in [0.15, 0.2) is 30.3 Å². The molecule has 3 N–H and O–H groups in total. The number of nitrogens with zero attached hydrogens (tertiary/aromatic N) is 1. The normalized spacial score (nSPS) is 17.0. The topological polar surface area (TPSA) is 68.0 Å². The van der Waals surface area contributed by atoms with Crippen molar-refractivity contribution >= 4 is 22.5 Å². The standard InChI is InChI=1S/C17H21N3O/c1-12-7-8-13-5-4-6-14(16(13)19-12)20-15(21)11-17(18)9-2-3-10-17/h4-8H,2-3,9-11,18H2,1H3,(H,20,21). The van der Waals surface area contributed by atoms with E-state index in [1.54, 1.807) is 0 Å². The van der Waals surface area contributed by atoms with E-state index in [4.69, 9.17) is 5.73 Å². The summed E-state index contributed by atoms with van der Waals surface area (Å²) in [5.74, 6) is -0.0183. The van der Waals surface area contributed by atoms with Crippen molar-refractivity contribution in [2.45, 2.75) is 44.6 Å². The Bertz CT molecular complexity index is 675. The maximum absolute atomic E-state index is 12.3. The molecule has 1 saturated carbocycles. The molecule has 1 aromatic heterocycles. The summed E-state index contributed by atoms with van der Waals surface area (Å²) in [6.07, 6.45) is 4.51. The van der Waals surface area contributed by atoms with E-state index >= 15 is 0 Å². The average Bonchev–Trinajstić information content (AvgIpc) is 2.85. The van der Waals surface area contributed by atoms with Gasteiger partial charge in [0.25, 0.3) is 0 Å². The molecular weight excluding hydrogens is 262 g/mol. The van der Waals surface area contributed by atoms with E-state index in [1.165, 1.54) is 0 Å². The van der Waals surface area contributed by atoms with E-state index in [1.807, 2.05) is 37.3 Å². The molecule has 4 nitrogen and oxygen atoms in total. The lowest BCUT2D eigenvalue weighted by Gasteiger charge is -2.22. The molecule has 4 heteroatoms. The Balaban J connectivity index is 1.81. The van der Waals surface area contributed by atoms with Crippen LogP contribution in [0.4, 0.5) is 5.69 Å². The summed E-state index contributed by atoms with van der Waals surface area (Å²) in [7, 11) is 0. The zero-order chi connectivity index (χ0) is 14.9. The average molecular weight is 283 g/mol. The highest BCUT2D eigenvalue weighted by molar-refractivity contribution is 6.00. The minimum absolute atomic E-state index is 0.0183. The molecule has 1 amide bonds. The number of nitrogens with one attached hydrogen (secondary N) is 1. The van der Waals surface area contributed by atoms with Crippen LogP contribution in [0.5, 0.6) is 0 Å². The van der Waals surface area contributed by atoms with Crippen molar-refractivity contribution < 1.29 is 4.79 Å². The van der Waals surface area contributed by atoms with Crippen LogP contribution in [-0.2, 0) is 4.79 Å². The van der Waals surface area contributed by atoms with E-state index in [0.29, 0.717) is 6.42 Å². The van der Waals surface area contributed by atoms with Crippen LogP contribution in [0.2, 0.25) is 0 Å². The minimum Gasteiger partial charge on any atom is -0.325 e. The molecule has 21 heavy (non-hydrogen) atoms. The van der Waals surface area contributed by atoms with Crippen molar-refractivity contribution in [1.29, 1.82) is 0 Å². The molecule has 1 fully saturated rings. The summed E-state index contributed by atoms with van der Waals surface area (Å²) in [6.45, 7) is 1.95. The second-order valence-corrected chi connectivity index (χ2v) is 6.12. The maximum Gasteiger partial charge on any atom is 0.226 e. The van der Waals surface area contributed by atoms with Crippen LogP contribution in [0, 0.1) is 6.92 Å². The Labute approximate surface area is 124 Å². The van der Waals surface area contributed by atoms with E-state index < -0.39 is 0 Å². The molecule has 0 saturated heterocycles. The van der Waals surface area contributed by atoms with Crippen LogP contribution in [0.3, 0.4) is 0 Å². The Kier molecular flexibility index (Phi) is 3.64. The van der Waals surface area contributed by atoms with Gasteiger partial charge in [-0.3, -0.25) is 9.78 Å². The van der Waals surface area contributed by atoms with Gasteiger partial charge >= 0.3 is 0 Å². The predicted octanol–water partition coefficient (Wildman–Crippen LogP) is 3.14. The number of benzene rings is 1. The highest BCUT2D eigenvalue weighted by Gasteiger charge is 2.31. The largest absolute Gasteiger partial charge is 0.325 e. The number of rotatable bonds is 3. The quantitative estimate of drug-likeness (QED) is 0.909. The maximum atomic E-state index is 12.3. The summed E-state index contributed by atoms with van der Waals surface area (Å²) < 4.78 is 0. The Morgan fingerprint density at radius 2 is 2.05 bits per heavy atom. The van der Waals surface area contributed by atoms with Gasteiger partial charge in [0.05, 0.1) is 11.2 Å². The summed E-state index contributed by atoms with van der Waals surface area (Å²) in [4.78, 5) is 16.8. The number of carbonyl (C=O) groups excluding carboxylic acids is 1. The molecule has 0 spiro atoms. The molecule has 0 radical (unpaired) electrons. The number of amides is 1. The van der Waals surface area contributed by atoms with Crippen LogP contribution < -0.4 is 11.1 Å². The van der Waals surface area contributed by atoms with E-state index in [9.17, 15) is 4.79 Å². The van der Waals surface area contributed by atoms with Gasteiger partial charge in [-0.2, -0.15) is 0 Å². The van der Waals surface area contributed by atoms with Gasteiger partial charge in [0.1, 0.15) is 0 Å². The number of aryl methyl sites for hydroxylation is 1. The number of pyridine rings is 1. The number of fused-ring (bicyclic) bond motifs is 1. The fourth-order valence-corrected chi connectivity index (χ4v) is 3.12. The lowest BCUT2D eigenvalue weighted by atomic mass is 9.94.